The Labute approximate surface area is 178 Å². The first-order chi connectivity index (χ1) is 14.0. The van der Waals surface area contributed by atoms with Crippen molar-refractivity contribution in [3.05, 3.63) is 88.4 Å². The fraction of sp³-hybridized carbons (Fsp3) is 0.0909. The highest BCUT2D eigenvalue weighted by Crippen LogP contribution is 2.27. The Morgan fingerprint density at radius 1 is 0.793 bits per heavy atom. The van der Waals surface area contributed by atoms with Crippen molar-refractivity contribution in [2.75, 3.05) is 17.2 Å². The molecule has 3 aromatic carbocycles. The molecule has 29 heavy (non-hydrogen) atoms. The molecule has 0 aliphatic heterocycles. The molecule has 5 nitrogen and oxygen atoms in total. The molecule has 0 aliphatic carbocycles. The van der Waals surface area contributed by atoms with E-state index in [1.165, 1.54) is 6.07 Å². The zero-order valence-electron chi connectivity index (χ0n) is 15.3. The largest absolute Gasteiger partial charge is 0.482 e. The van der Waals surface area contributed by atoms with Gasteiger partial charge in [0.05, 0.1) is 11.4 Å². The summed E-state index contributed by atoms with van der Waals surface area (Å²) in [5, 5.41) is 6.36. The first-order valence-corrected chi connectivity index (χ1v) is 9.57. The Hall–Kier alpha value is -3.02. The van der Waals surface area contributed by atoms with Crippen LogP contribution in [0.15, 0.2) is 72.8 Å². The third kappa shape index (κ3) is 6.52. The minimum Gasteiger partial charge on any atom is -0.482 e. The minimum atomic E-state index is -0.358. The number of carbonyl (C=O) groups is 2. The monoisotopic (exact) mass is 428 g/mol. The van der Waals surface area contributed by atoms with Gasteiger partial charge in [-0.15, -0.1) is 0 Å². The van der Waals surface area contributed by atoms with E-state index in [1.54, 1.807) is 36.4 Å². The van der Waals surface area contributed by atoms with Gasteiger partial charge in [-0.25, -0.2) is 0 Å². The van der Waals surface area contributed by atoms with Crippen LogP contribution in [0.1, 0.15) is 5.56 Å². The van der Waals surface area contributed by atoms with Gasteiger partial charge in [0.1, 0.15) is 5.75 Å². The first-order valence-electron chi connectivity index (χ1n) is 8.81. The Morgan fingerprint density at radius 2 is 1.48 bits per heavy atom. The van der Waals surface area contributed by atoms with Crippen molar-refractivity contribution in [1.82, 2.24) is 0 Å². The van der Waals surface area contributed by atoms with E-state index in [0.29, 0.717) is 27.2 Å². The lowest BCUT2D eigenvalue weighted by atomic mass is 10.1. The molecule has 0 unspecified atom stereocenters. The van der Waals surface area contributed by atoms with E-state index in [-0.39, 0.29) is 24.8 Å². The summed E-state index contributed by atoms with van der Waals surface area (Å²) in [6.07, 6.45) is 0.271. The first kappa shape index (κ1) is 20.7. The summed E-state index contributed by atoms with van der Waals surface area (Å²) >= 11 is 11.9. The predicted molar refractivity (Wildman–Crippen MR) is 116 cm³/mol. The van der Waals surface area contributed by atoms with Crippen LogP contribution in [-0.4, -0.2) is 18.4 Å². The van der Waals surface area contributed by atoms with E-state index >= 15 is 0 Å². The molecule has 0 fully saturated rings. The smallest absolute Gasteiger partial charge is 0.262 e. The molecule has 3 aromatic rings. The maximum absolute atomic E-state index is 12.2. The molecule has 0 saturated carbocycles. The Kier molecular flexibility index (Phi) is 7.11. The molecule has 7 heteroatoms. The van der Waals surface area contributed by atoms with Crippen LogP contribution in [0.2, 0.25) is 10.0 Å². The van der Waals surface area contributed by atoms with Gasteiger partial charge in [-0.2, -0.15) is 0 Å². The summed E-state index contributed by atoms with van der Waals surface area (Å²) in [7, 11) is 0. The van der Waals surface area contributed by atoms with Gasteiger partial charge in [0.25, 0.3) is 5.91 Å². The van der Waals surface area contributed by atoms with Crippen LogP contribution in [0.3, 0.4) is 0 Å². The average Bonchev–Trinajstić information content (AvgIpc) is 2.68. The van der Waals surface area contributed by atoms with E-state index in [9.17, 15) is 9.59 Å². The van der Waals surface area contributed by atoms with E-state index in [1.807, 2.05) is 30.3 Å². The molecule has 0 spiro atoms. The summed E-state index contributed by atoms with van der Waals surface area (Å²) in [5.41, 5.74) is 2.05. The van der Waals surface area contributed by atoms with E-state index in [4.69, 9.17) is 27.9 Å². The van der Waals surface area contributed by atoms with E-state index in [2.05, 4.69) is 10.6 Å². The lowest BCUT2D eigenvalue weighted by Gasteiger charge is -2.10. The van der Waals surface area contributed by atoms with Gasteiger partial charge in [0.15, 0.2) is 6.61 Å². The summed E-state index contributed by atoms with van der Waals surface area (Å²) in [4.78, 5) is 24.3. The number of ether oxygens (including phenoxy) is 1. The molecule has 0 heterocycles. The summed E-state index contributed by atoms with van der Waals surface area (Å²) in [6, 6.07) is 21.1. The molecule has 148 valence electrons. The Morgan fingerprint density at radius 3 is 2.17 bits per heavy atom. The van der Waals surface area contributed by atoms with Crippen LogP contribution in [0, 0.1) is 0 Å². The van der Waals surface area contributed by atoms with Crippen molar-refractivity contribution in [1.29, 1.82) is 0 Å². The average molecular weight is 429 g/mol. The summed E-state index contributed by atoms with van der Waals surface area (Å²) in [6.45, 7) is -0.216. The molecule has 0 saturated heterocycles. The zero-order chi connectivity index (χ0) is 20.6. The van der Waals surface area contributed by atoms with E-state index < -0.39 is 0 Å². The lowest BCUT2D eigenvalue weighted by Crippen LogP contribution is -2.20. The number of hydrogen-bond donors (Lipinski definition) is 2. The highest BCUT2D eigenvalue weighted by atomic mass is 35.5. The van der Waals surface area contributed by atoms with Crippen molar-refractivity contribution >= 4 is 46.4 Å². The van der Waals surface area contributed by atoms with Crippen LogP contribution in [0.25, 0.3) is 0 Å². The third-order valence-electron chi connectivity index (χ3n) is 3.89. The molecular weight excluding hydrogens is 411 g/mol. The predicted octanol–water partition coefficient (Wildman–Crippen LogP) is 5.19. The number of rotatable bonds is 7. The molecule has 3 rings (SSSR count). The van der Waals surface area contributed by atoms with Crippen molar-refractivity contribution in [3.63, 3.8) is 0 Å². The van der Waals surface area contributed by atoms with Crippen LogP contribution in [-0.2, 0) is 16.0 Å². The number of nitrogens with one attached hydrogen (secondary N) is 2. The van der Waals surface area contributed by atoms with Crippen molar-refractivity contribution in [2.45, 2.75) is 6.42 Å². The van der Waals surface area contributed by atoms with Crippen molar-refractivity contribution in [3.8, 4) is 5.75 Å². The third-order valence-corrected chi connectivity index (χ3v) is 4.42. The van der Waals surface area contributed by atoms with Gasteiger partial charge in [0, 0.05) is 16.4 Å². The fourth-order valence-corrected chi connectivity index (χ4v) is 3.06. The Bertz CT molecular complexity index is 1010. The van der Waals surface area contributed by atoms with Gasteiger partial charge in [-0.05, 0) is 42.0 Å². The van der Waals surface area contributed by atoms with Crippen LogP contribution in [0.4, 0.5) is 11.4 Å². The van der Waals surface area contributed by atoms with Gasteiger partial charge in [-0.3, -0.25) is 9.59 Å². The van der Waals surface area contributed by atoms with Gasteiger partial charge in [0.2, 0.25) is 5.91 Å². The SMILES string of the molecule is O=C(COc1ccc(Cl)cc1Cl)Nc1cccc(NC(=O)Cc2ccccc2)c1. The lowest BCUT2D eigenvalue weighted by molar-refractivity contribution is -0.118. The van der Waals surface area contributed by atoms with Crippen molar-refractivity contribution in [2.24, 2.45) is 0 Å². The zero-order valence-corrected chi connectivity index (χ0v) is 16.8. The topological polar surface area (TPSA) is 67.4 Å². The number of halogens is 2. The van der Waals surface area contributed by atoms with Gasteiger partial charge < -0.3 is 15.4 Å². The summed E-state index contributed by atoms with van der Waals surface area (Å²) < 4.78 is 5.41. The van der Waals surface area contributed by atoms with E-state index in [0.717, 1.165) is 5.56 Å². The molecule has 0 atom stereocenters. The minimum absolute atomic E-state index is 0.139. The van der Waals surface area contributed by atoms with Gasteiger partial charge in [-0.1, -0.05) is 59.6 Å². The maximum Gasteiger partial charge on any atom is 0.262 e. The second-order valence-electron chi connectivity index (χ2n) is 6.20. The standard InChI is InChI=1S/C22H18Cl2N2O3/c23-16-9-10-20(19(24)12-16)29-14-22(28)26-18-8-4-7-17(13-18)25-21(27)11-15-5-2-1-3-6-15/h1-10,12-13H,11,14H2,(H,25,27)(H,26,28). The van der Waals surface area contributed by atoms with Gasteiger partial charge >= 0.3 is 0 Å². The second kappa shape index (κ2) is 9.96. The molecule has 0 aliphatic rings. The van der Waals surface area contributed by atoms with Crippen LogP contribution in [0.5, 0.6) is 5.75 Å². The van der Waals surface area contributed by atoms with Crippen LogP contribution >= 0.6 is 23.2 Å². The number of benzene rings is 3. The number of carbonyl (C=O) groups excluding carboxylic acids is 2. The maximum atomic E-state index is 12.2. The summed E-state index contributed by atoms with van der Waals surface area (Å²) in [5.74, 6) is -0.127. The Balaban J connectivity index is 1.53. The van der Waals surface area contributed by atoms with Crippen molar-refractivity contribution < 1.29 is 14.3 Å². The quantitative estimate of drug-likeness (QED) is 0.543. The highest BCUT2D eigenvalue weighted by Gasteiger charge is 2.09. The number of anilines is 2. The molecule has 0 bridgehead atoms. The highest BCUT2D eigenvalue weighted by molar-refractivity contribution is 6.35. The fourth-order valence-electron chi connectivity index (χ4n) is 2.59. The molecule has 2 amide bonds. The molecular formula is C22H18Cl2N2O3. The second-order valence-corrected chi connectivity index (χ2v) is 7.05. The molecule has 0 radical (unpaired) electrons. The number of amides is 2. The molecule has 0 aromatic heterocycles. The number of hydrogen-bond acceptors (Lipinski definition) is 3. The molecule has 2 N–H and O–H groups in total. The van der Waals surface area contributed by atoms with Crippen LogP contribution < -0.4 is 15.4 Å². The normalized spacial score (nSPS) is 10.3.